The van der Waals surface area contributed by atoms with E-state index in [0.29, 0.717) is 16.6 Å². The van der Waals surface area contributed by atoms with Crippen molar-refractivity contribution >= 4 is 21.7 Å². The van der Waals surface area contributed by atoms with Crippen molar-refractivity contribution in [2.75, 3.05) is 0 Å². The maximum absolute atomic E-state index is 12.5. The van der Waals surface area contributed by atoms with E-state index in [1.165, 1.54) is 4.57 Å². The van der Waals surface area contributed by atoms with Crippen LogP contribution in [0.3, 0.4) is 0 Å². The van der Waals surface area contributed by atoms with Crippen molar-refractivity contribution in [3.8, 4) is 0 Å². The zero-order chi connectivity index (χ0) is 17.1. The topological polar surface area (TPSA) is 56.9 Å². The van der Waals surface area contributed by atoms with Gasteiger partial charge in [0.15, 0.2) is 5.78 Å². The predicted octanol–water partition coefficient (Wildman–Crippen LogP) is 3.05. The van der Waals surface area contributed by atoms with E-state index in [2.05, 4.69) is 21.0 Å². The first kappa shape index (κ1) is 16.4. The van der Waals surface area contributed by atoms with Crippen molar-refractivity contribution < 1.29 is 4.79 Å². The molecule has 6 heteroatoms. The Morgan fingerprint density at radius 3 is 2.67 bits per heavy atom. The Morgan fingerprint density at radius 2 is 1.92 bits per heavy atom. The second kappa shape index (κ2) is 6.97. The van der Waals surface area contributed by atoms with Gasteiger partial charge in [-0.05, 0) is 40.5 Å². The molecule has 122 valence electrons. The summed E-state index contributed by atoms with van der Waals surface area (Å²) in [6.07, 6.45) is 3.18. The van der Waals surface area contributed by atoms with Gasteiger partial charge in [-0.15, -0.1) is 0 Å². The molecule has 0 fully saturated rings. The molecule has 0 saturated carbocycles. The minimum absolute atomic E-state index is 0.00383. The number of benzene rings is 1. The third-order valence-electron chi connectivity index (χ3n) is 3.87. The zero-order valence-electron chi connectivity index (χ0n) is 13.1. The molecule has 0 unspecified atom stereocenters. The molecule has 0 aliphatic carbocycles. The smallest absolute Gasteiger partial charge is 0.265 e. The van der Waals surface area contributed by atoms with Crippen molar-refractivity contribution in [1.29, 1.82) is 0 Å². The van der Waals surface area contributed by atoms with E-state index < -0.39 is 0 Å². The van der Waals surface area contributed by atoms with Gasteiger partial charge in [-0.3, -0.25) is 14.3 Å². The summed E-state index contributed by atoms with van der Waals surface area (Å²) in [5.74, 6) is -0.132. The lowest BCUT2D eigenvalue weighted by Crippen LogP contribution is -2.24. The standard InChI is InChI=1S/C18H16BrN3O2/c1-13-15(10-20-22(13)11-14-6-3-2-4-7-14)17(23)12-21-9-5-8-16(19)18(21)24/h2-10H,11-12H2,1H3. The first-order valence-electron chi connectivity index (χ1n) is 7.51. The fourth-order valence-electron chi connectivity index (χ4n) is 2.51. The average molecular weight is 386 g/mol. The molecule has 0 spiro atoms. The summed E-state index contributed by atoms with van der Waals surface area (Å²) in [4.78, 5) is 24.5. The Morgan fingerprint density at radius 1 is 1.17 bits per heavy atom. The lowest BCUT2D eigenvalue weighted by Gasteiger charge is -2.07. The molecule has 3 rings (SSSR count). The average Bonchev–Trinajstić information content (AvgIpc) is 2.94. The monoisotopic (exact) mass is 385 g/mol. The van der Waals surface area contributed by atoms with Crippen molar-refractivity contribution in [1.82, 2.24) is 14.3 Å². The summed E-state index contributed by atoms with van der Waals surface area (Å²) in [5.41, 5.74) is 2.23. The molecule has 2 heterocycles. The van der Waals surface area contributed by atoms with Crippen molar-refractivity contribution in [2.24, 2.45) is 0 Å². The summed E-state index contributed by atoms with van der Waals surface area (Å²) in [7, 11) is 0. The quantitative estimate of drug-likeness (QED) is 0.634. The van der Waals surface area contributed by atoms with Gasteiger partial charge in [-0.1, -0.05) is 30.3 Å². The highest BCUT2D eigenvalue weighted by Gasteiger charge is 2.15. The largest absolute Gasteiger partial charge is 0.307 e. The molecule has 0 atom stereocenters. The number of halogens is 1. The van der Waals surface area contributed by atoms with Gasteiger partial charge in [0.25, 0.3) is 5.56 Å². The van der Waals surface area contributed by atoms with Crippen LogP contribution in [-0.4, -0.2) is 20.1 Å². The summed E-state index contributed by atoms with van der Waals surface area (Å²) < 4.78 is 3.63. The summed E-state index contributed by atoms with van der Waals surface area (Å²) >= 11 is 3.19. The highest BCUT2D eigenvalue weighted by atomic mass is 79.9. The lowest BCUT2D eigenvalue weighted by atomic mass is 10.1. The van der Waals surface area contributed by atoms with E-state index in [4.69, 9.17) is 0 Å². The Kier molecular flexibility index (Phi) is 4.76. The molecule has 0 radical (unpaired) electrons. The van der Waals surface area contributed by atoms with E-state index in [1.807, 2.05) is 37.3 Å². The van der Waals surface area contributed by atoms with E-state index in [-0.39, 0.29) is 17.9 Å². The van der Waals surface area contributed by atoms with Gasteiger partial charge < -0.3 is 4.57 Å². The summed E-state index contributed by atoms with van der Waals surface area (Å²) in [5, 5.41) is 4.31. The minimum Gasteiger partial charge on any atom is -0.307 e. The Balaban J connectivity index is 1.81. The Labute approximate surface area is 147 Å². The van der Waals surface area contributed by atoms with Crippen LogP contribution in [0.1, 0.15) is 21.6 Å². The van der Waals surface area contributed by atoms with Gasteiger partial charge in [-0.25, -0.2) is 0 Å². The second-order valence-corrected chi connectivity index (χ2v) is 6.35. The van der Waals surface area contributed by atoms with Crippen molar-refractivity contribution in [2.45, 2.75) is 20.0 Å². The van der Waals surface area contributed by atoms with Crippen LogP contribution in [0.25, 0.3) is 0 Å². The molecule has 24 heavy (non-hydrogen) atoms. The number of hydrogen-bond donors (Lipinski definition) is 0. The molecule has 0 aliphatic rings. The molecular weight excluding hydrogens is 370 g/mol. The van der Waals surface area contributed by atoms with Crippen molar-refractivity contribution in [3.63, 3.8) is 0 Å². The maximum Gasteiger partial charge on any atom is 0.265 e. The van der Waals surface area contributed by atoms with E-state index in [9.17, 15) is 9.59 Å². The minimum atomic E-state index is -0.222. The molecule has 0 bridgehead atoms. The number of aromatic nitrogens is 3. The fourth-order valence-corrected chi connectivity index (χ4v) is 2.89. The molecule has 0 amide bonds. The van der Waals surface area contributed by atoms with Crippen LogP contribution in [0.4, 0.5) is 0 Å². The number of rotatable bonds is 5. The number of carbonyl (C=O) groups excluding carboxylic acids is 1. The molecule has 5 nitrogen and oxygen atoms in total. The van der Waals surface area contributed by atoms with Crippen LogP contribution < -0.4 is 5.56 Å². The Hall–Kier alpha value is -2.47. The van der Waals surface area contributed by atoms with Crippen LogP contribution in [0.2, 0.25) is 0 Å². The van der Waals surface area contributed by atoms with Crippen LogP contribution in [0.5, 0.6) is 0 Å². The van der Waals surface area contributed by atoms with E-state index >= 15 is 0 Å². The third kappa shape index (κ3) is 3.38. The normalized spacial score (nSPS) is 10.8. The summed E-state index contributed by atoms with van der Waals surface area (Å²) in [6, 6.07) is 13.3. The van der Waals surface area contributed by atoms with Crippen LogP contribution in [-0.2, 0) is 13.1 Å². The van der Waals surface area contributed by atoms with Gasteiger partial charge in [0, 0.05) is 11.9 Å². The number of ketones is 1. The molecule has 0 saturated heterocycles. The summed E-state index contributed by atoms with van der Waals surface area (Å²) in [6.45, 7) is 2.47. The number of Topliss-reactive ketones (excluding diaryl/α,β-unsaturated/α-hetero) is 1. The number of pyridine rings is 1. The SMILES string of the molecule is Cc1c(C(=O)Cn2cccc(Br)c2=O)cnn1Cc1ccccc1. The second-order valence-electron chi connectivity index (χ2n) is 5.50. The van der Waals surface area contributed by atoms with Crippen LogP contribution >= 0.6 is 15.9 Å². The van der Waals surface area contributed by atoms with Crippen LogP contribution in [0, 0.1) is 6.92 Å². The van der Waals surface area contributed by atoms with Gasteiger partial charge in [-0.2, -0.15) is 5.10 Å². The third-order valence-corrected chi connectivity index (χ3v) is 4.47. The number of hydrogen-bond acceptors (Lipinski definition) is 3. The molecule has 1 aromatic carbocycles. The molecule has 0 N–H and O–H groups in total. The van der Waals surface area contributed by atoms with Gasteiger partial charge in [0.2, 0.25) is 0 Å². The number of carbonyl (C=O) groups is 1. The van der Waals surface area contributed by atoms with Gasteiger partial charge >= 0.3 is 0 Å². The highest BCUT2D eigenvalue weighted by molar-refractivity contribution is 9.10. The van der Waals surface area contributed by atoms with Crippen LogP contribution in [0.15, 0.2) is 64.1 Å². The zero-order valence-corrected chi connectivity index (χ0v) is 14.7. The highest BCUT2D eigenvalue weighted by Crippen LogP contribution is 2.12. The van der Waals surface area contributed by atoms with Gasteiger partial charge in [0.1, 0.15) is 0 Å². The fraction of sp³-hybridized carbons (Fsp3) is 0.167. The lowest BCUT2D eigenvalue weighted by molar-refractivity contribution is 0.0970. The van der Waals surface area contributed by atoms with Gasteiger partial charge in [0.05, 0.1) is 29.3 Å². The molecule has 3 aromatic rings. The first-order valence-corrected chi connectivity index (χ1v) is 8.30. The Bertz CT molecular complexity index is 929. The molecule has 0 aliphatic heterocycles. The first-order chi connectivity index (χ1) is 11.6. The van der Waals surface area contributed by atoms with Crippen molar-refractivity contribution in [3.05, 3.63) is 86.5 Å². The number of nitrogens with zero attached hydrogens (tertiary/aromatic N) is 3. The molecular formula is C18H16BrN3O2. The molecule has 2 aromatic heterocycles. The predicted molar refractivity (Wildman–Crippen MR) is 95.2 cm³/mol. The van der Waals surface area contributed by atoms with E-state index in [0.717, 1.165) is 11.3 Å². The van der Waals surface area contributed by atoms with E-state index in [1.54, 1.807) is 29.2 Å². The maximum atomic E-state index is 12.5.